The van der Waals surface area contributed by atoms with Gasteiger partial charge in [0, 0.05) is 18.2 Å². The molecule has 1 fully saturated rings. The Morgan fingerprint density at radius 1 is 1.47 bits per heavy atom. The molecule has 0 amide bonds. The molecule has 1 aromatic heterocycles. The summed E-state index contributed by atoms with van der Waals surface area (Å²) in [4.78, 5) is 0. The molecule has 0 saturated heterocycles. The summed E-state index contributed by atoms with van der Waals surface area (Å²) >= 11 is 0. The van der Waals surface area contributed by atoms with Gasteiger partial charge in [-0.2, -0.15) is 0 Å². The first-order valence-electron chi connectivity index (χ1n) is 6.70. The normalized spacial score (nSPS) is 25.5. The fraction of sp³-hybridized carbons (Fsp3) is 0.714. The maximum atomic E-state index is 5.60. The van der Waals surface area contributed by atoms with E-state index in [0.717, 1.165) is 19.1 Å². The van der Waals surface area contributed by atoms with Gasteiger partial charge in [0.15, 0.2) is 0 Å². The van der Waals surface area contributed by atoms with Crippen molar-refractivity contribution in [3.8, 4) is 0 Å². The average molecular weight is 237 g/mol. The second kappa shape index (κ2) is 6.22. The highest BCUT2D eigenvalue weighted by molar-refractivity contribution is 5.12. The minimum absolute atomic E-state index is 0.436. The summed E-state index contributed by atoms with van der Waals surface area (Å²) < 4.78 is 10.8. The highest BCUT2D eigenvalue weighted by Gasteiger charge is 2.31. The number of ether oxygens (including phenoxy) is 1. The molecule has 96 valence electrons. The molecule has 1 aromatic rings. The molecule has 1 saturated carbocycles. The zero-order chi connectivity index (χ0) is 12.1. The molecule has 1 unspecified atom stereocenters. The molecule has 3 nitrogen and oxygen atoms in total. The van der Waals surface area contributed by atoms with Crippen molar-refractivity contribution in [3.63, 3.8) is 0 Å². The van der Waals surface area contributed by atoms with Crippen molar-refractivity contribution in [1.29, 1.82) is 0 Å². The molecule has 0 bridgehead atoms. The Balaban J connectivity index is 1.79. The fourth-order valence-corrected chi connectivity index (χ4v) is 2.63. The molecule has 1 atom stereocenters. The smallest absolute Gasteiger partial charge is 0.0950 e. The topological polar surface area (TPSA) is 34.4 Å². The molecule has 0 aromatic carbocycles. The molecular weight excluding hydrogens is 214 g/mol. The monoisotopic (exact) mass is 237 g/mol. The van der Waals surface area contributed by atoms with Gasteiger partial charge in [-0.3, -0.25) is 0 Å². The van der Waals surface area contributed by atoms with Gasteiger partial charge in [0.25, 0.3) is 0 Å². The van der Waals surface area contributed by atoms with Gasteiger partial charge in [0.05, 0.1) is 18.6 Å². The number of rotatable bonds is 7. The molecule has 1 aliphatic carbocycles. The van der Waals surface area contributed by atoms with Gasteiger partial charge in [-0.15, -0.1) is 0 Å². The first-order chi connectivity index (χ1) is 8.33. The van der Waals surface area contributed by atoms with Crippen LogP contribution < -0.4 is 5.32 Å². The molecule has 0 radical (unpaired) electrons. The lowest BCUT2D eigenvalue weighted by Crippen LogP contribution is -2.34. The molecule has 1 aliphatic rings. The van der Waals surface area contributed by atoms with Crippen molar-refractivity contribution < 1.29 is 9.15 Å². The van der Waals surface area contributed by atoms with Crippen LogP contribution in [-0.2, 0) is 4.74 Å². The van der Waals surface area contributed by atoms with Crippen LogP contribution in [0.4, 0.5) is 0 Å². The van der Waals surface area contributed by atoms with Crippen LogP contribution in [0.1, 0.15) is 44.7 Å². The molecule has 1 heterocycles. The first kappa shape index (κ1) is 12.7. The molecule has 0 spiro atoms. The Morgan fingerprint density at radius 3 is 2.88 bits per heavy atom. The maximum Gasteiger partial charge on any atom is 0.0950 e. The second-order valence-corrected chi connectivity index (χ2v) is 4.82. The van der Waals surface area contributed by atoms with E-state index in [4.69, 9.17) is 9.15 Å². The third-order valence-corrected chi connectivity index (χ3v) is 3.56. The summed E-state index contributed by atoms with van der Waals surface area (Å²) in [5, 5.41) is 3.53. The highest BCUT2D eigenvalue weighted by Crippen LogP contribution is 2.36. The minimum Gasteiger partial charge on any atom is -0.472 e. The number of hydrogen-bond donors (Lipinski definition) is 1. The van der Waals surface area contributed by atoms with E-state index in [1.54, 1.807) is 6.26 Å². The highest BCUT2D eigenvalue weighted by atomic mass is 16.5. The van der Waals surface area contributed by atoms with Crippen LogP contribution in [-0.4, -0.2) is 19.3 Å². The summed E-state index contributed by atoms with van der Waals surface area (Å²) in [7, 11) is 0. The third-order valence-electron chi connectivity index (χ3n) is 3.56. The fourth-order valence-electron chi connectivity index (χ4n) is 2.63. The predicted octanol–water partition coefficient (Wildman–Crippen LogP) is 3.14. The summed E-state index contributed by atoms with van der Waals surface area (Å²) in [6, 6.07) is 2.50. The van der Waals surface area contributed by atoms with Crippen molar-refractivity contribution in [2.75, 3.05) is 13.2 Å². The van der Waals surface area contributed by atoms with Gasteiger partial charge in [0.1, 0.15) is 0 Å². The SMILES string of the molecule is CCNC(CC1CC(OCC)C1)c1ccoc1. The lowest BCUT2D eigenvalue weighted by Gasteiger charge is -2.37. The van der Waals surface area contributed by atoms with E-state index < -0.39 is 0 Å². The van der Waals surface area contributed by atoms with Gasteiger partial charge in [-0.25, -0.2) is 0 Å². The lowest BCUT2D eigenvalue weighted by atomic mass is 9.77. The van der Waals surface area contributed by atoms with Gasteiger partial charge in [0.2, 0.25) is 0 Å². The van der Waals surface area contributed by atoms with Crippen LogP contribution in [0, 0.1) is 5.92 Å². The van der Waals surface area contributed by atoms with E-state index in [1.165, 1.54) is 24.8 Å². The Hall–Kier alpha value is -0.800. The zero-order valence-electron chi connectivity index (χ0n) is 10.8. The quantitative estimate of drug-likeness (QED) is 0.791. The Labute approximate surface area is 104 Å². The largest absolute Gasteiger partial charge is 0.472 e. The summed E-state index contributed by atoms with van der Waals surface area (Å²) in [5.41, 5.74) is 1.27. The Bertz CT molecular complexity index is 304. The maximum absolute atomic E-state index is 5.60. The zero-order valence-corrected chi connectivity index (χ0v) is 10.8. The van der Waals surface area contributed by atoms with Gasteiger partial charge in [-0.05, 0) is 44.7 Å². The van der Waals surface area contributed by atoms with Crippen LogP contribution >= 0.6 is 0 Å². The molecular formula is C14H23NO2. The molecule has 2 rings (SSSR count). The molecule has 3 heteroatoms. The number of hydrogen-bond acceptors (Lipinski definition) is 3. The minimum atomic E-state index is 0.436. The summed E-state index contributed by atoms with van der Waals surface area (Å²) in [5.74, 6) is 0.797. The first-order valence-corrected chi connectivity index (χ1v) is 6.70. The average Bonchev–Trinajstić information content (AvgIpc) is 2.78. The van der Waals surface area contributed by atoms with E-state index in [9.17, 15) is 0 Å². The van der Waals surface area contributed by atoms with Crippen LogP contribution in [0.2, 0.25) is 0 Å². The van der Waals surface area contributed by atoms with Gasteiger partial charge >= 0.3 is 0 Å². The van der Waals surface area contributed by atoms with Crippen LogP contribution in [0.5, 0.6) is 0 Å². The van der Waals surface area contributed by atoms with Gasteiger partial charge < -0.3 is 14.5 Å². The van der Waals surface area contributed by atoms with E-state index in [1.807, 2.05) is 6.26 Å². The molecule has 17 heavy (non-hydrogen) atoms. The second-order valence-electron chi connectivity index (χ2n) is 4.82. The van der Waals surface area contributed by atoms with Crippen molar-refractivity contribution in [2.24, 2.45) is 5.92 Å². The Morgan fingerprint density at radius 2 is 2.29 bits per heavy atom. The van der Waals surface area contributed by atoms with E-state index in [-0.39, 0.29) is 0 Å². The van der Waals surface area contributed by atoms with Crippen LogP contribution in [0.3, 0.4) is 0 Å². The van der Waals surface area contributed by atoms with E-state index in [0.29, 0.717) is 12.1 Å². The van der Waals surface area contributed by atoms with Gasteiger partial charge in [-0.1, -0.05) is 6.92 Å². The number of furan rings is 1. The van der Waals surface area contributed by atoms with Crippen molar-refractivity contribution in [3.05, 3.63) is 24.2 Å². The number of nitrogens with one attached hydrogen (secondary N) is 1. The summed E-state index contributed by atoms with van der Waals surface area (Å²) in [6.07, 6.45) is 7.74. The van der Waals surface area contributed by atoms with E-state index >= 15 is 0 Å². The van der Waals surface area contributed by atoms with E-state index in [2.05, 4.69) is 25.2 Å². The summed E-state index contributed by atoms with van der Waals surface area (Å²) in [6.45, 7) is 6.06. The van der Waals surface area contributed by atoms with Crippen LogP contribution in [0.15, 0.2) is 23.0 Å². The standard InChI is InChI=1S/C14H23NO2/c1-3-15-14(12-5-6-16-10-12)9-11-7-13(8-11)17-4-2/h5-6,10-11,13-15H,3-4,7-9H2,1-2H3. The van der Waals surface area contributed by atoms with Crippen LogP contribution in [0.25, 0.3) is 0 Å². The van der Waals surface area contributed by atoms with Crippen molar-refractivity contribution in [2.45, 2.75) is 45.3 Å². The molecule has 1 N–H and O–H groups in total. The lowest BCUT2D eigenvalue weighted by molar-refractivity contribution is -0.0291. The van der Waals surface area contributed by atoms with Crippen molar-refractivity contribution in [1.82, 2.24) is 5.32 Å². The third kappa shape index (κ3) is 3.33. The van der Waals surface area contributed by atoms with Crippen molar-refractivity contribution >= 4 is 0 Å². The molecule has 0 aliphatic heterocycles. The predicted molar refractivity (Wildman–Crippen MR) is 67.9 cm³/mol. The Kier molecular flexibility index (Phi) is 4.63.